The number of aliphatic carboxylic acids is 1. The van der Waals surface area contributed by atoms with Gasteiger partial charge in [-0.2, -0.15) is 0 Å². The molecule has 228 valence electrons. The van der Waals surface area contributed by atoms with Crippen molar-refractivity contribution in [3.05, 3.63) is 98.9 Å². The first kappa shape index (κ1) is 31.0. The van der Waals surface area contributed by atoms with Gasteiger partial charge in [-0.05, 0) is 42.6 Å². The fraction of sp³-hybridized carbons (Fsp3) is 0.207. The van der Waals surface area contributed by atoms with E-state index >= 15 is 0 Å². The first-order chi connectivity index (χ1) is 21.0. The van der Waals surface area contributed by atoms with Crippen molar-refractivity contribution in [3.8, 4) is 0 Å². The lowest BCUT2D eigenvalue weighted by molar-refractivity contribution is -0.150. The Hall–Kier alpha value is -4.47. The molecule has 3 amide bonds. The summed E-state index contributed by atoms with van der Waals surface area (Å²) in [5.74, 6) is -4.32. The van der Waals surface area contributed by atoms with E-state index < -0.39 is 51.8 Å². The number of carboxylic acids is 1. The van der Waals surface area contributed by atoms with E-state index in [-0.39, 0.29) is 45.4 Å². The largest absolute Gasteiger partial charge is 0.477 e. The van der Waals surface area contributed by atoms with E-state index in [2.05, 4.69) is 5.32 Å². The number of hydrogen-bond acceptors (Lipinski definition) is 10. The Morgan fingerprint density at radius 1 is 1.02 bits per heavy atom. The third-order valence-electron chi connectivity index (χ3n) is 6.81. The number of β-lactam (4-membered cyclic amide) rings is 1. The number of fused-ring (bicyclic) bond motifs is 1. The molecule has 12 nitrogen and oxygen atoms in total. The fourth-order valence-electron chi connectivity index (χ4n) is 4.63. The minimum absolute atomic E-state index is 0.0948. The third-order valence-corrected chi connectivity index (χ3v) is 10.4. The van der Waals surface area contributed by atoms with E-state index in [4.69, 9.17) is 4.74 Å². The summed E-state index contributed by atoms with van der Waals surface area (Å²) in [6.07, 6.45) is 0.0963. The zero-order chi connectivity index (χ0) is 31.6. The van der Waals surface area contributed by atoms with Crippen LogP contribution in [-0.2, 0) is 35.6 Å². The first-order valence-electron chi connectivity index (χ1n) is 13.1. The van der Waals surface area contributed by atoms with Crippen molar-refractivity contribution in [1.82, 2.24) is 14.9 Å². The van der Waals surface area contributed by atoms with Gasteiger partial charge < -0.3 is 15.2 Å². The molecule has 0 aliphatic carbocycles. The van der Waals surface area contributed by atoms with Crippen molar-refractivity contribution in [2.75, 3.05) is 12.4 Å². The molecule has 2 aromatic carbocycles. The zero-order valence-corrected chi connectivity index (χ0v) is 25.5. The lowest BCUT2D eigenvalue weighted by Gasteiger charge is -2.49. The third kappa shape index (κ3) is 6.39. The minimum Gasteiger partial charge on any atom is -0.477 e. The molecule has 0 saturated carbocycles. The molecule has 2 aliphatic heterocycles. The van der Waals surface area contributed by atoms with E-state index in [1.807, 2.05) is 16.2 Å². The Kier molecular flexibility index (Phi) is 8.90. The van der Waals surface area contributed by atoms with Crippen LogP contribution >= 0.6 is 23.1 Å². The normalized spacial score (nSPS) is 17.8. The number of benzene rings is 2. The van der Waals surface area contributed by atoms with Crippen molar-refractivity contribution >= 4 is 62.8 Å². The van der Waals surface area contributed by atoms with Crippen LogP contribution in [0.4, 0.5) is 0 Å². The van der Waals surface area contributed by atoms with Crippen LogP contribution in [0.3, 0.4) is 0 Å². The Labute approximate surface area is 260 Å². The van der Waals surface area contributed by atoms with Crippen molar-refractivity contribution in [3.63, 3.8) is 0 Å². The number of aryl methyl sites for hydroxylation is 1. The van der Waals surface area contributed by atoms with Gasteiger partial charge in [0, 0.05) is 16.2 Å². The molecule has 0 spiro atoms. The van der Waals surface area contributed by atoms with Gasteiger partial charge in [-0.1, -0.05) is 35.9 Å². The maximum absolute atomic E-state index is 13.0. The summed E-state index contributed by atoms with van der Waals surface area (Å²) in [7, 11) is -4.24. The van der Waals surface area contributed by atoms with E-state index in [0.29, 0.717) is 0 Å². The lowest BCUT2D eigenvalue weighted by atomic mass is 10.0. The molecule has 2 aliphatic rings. The van der Waals surface area contributed by atoms with Crippen LogP contribution in [0.2, 0.25) is 0 Å². The van der Waals surface area contributed by atoms with Crippen LogP contribution in [0.5, 0.6) is 0 Å². The predicted molar refractivity (Wildman–Crippen MR) is 160 cm³/mol. The predicted octanol–water partition coefficient (Wildman–Crippen LogP) is 2.31. The second-order valence-corrected chi connectivity index (χ2v) is 13.7. The van der Waals surface area contributed by atoms with Crippen LogP contribution in [0.1, 0.15) is 31.2 Å². The highest BCUT2D eigenvalue weighted by molar-refractivity contribution is 8.00. The molecule has 1 aromatic heterocycles. The molecule has 5 rings (SSSR count). The quantitative estimate of drug-likeness (QED) is 0.217. The molecular weight excluding hydrogens is 631 g/mol. The van der Waals surface area contributed by atoms with Gasteiger partial charge in [-0.15, -0.1) is 23.1 Å². The van der Waals surface area contributed by atoms with Crippen molar-refractivity contribution in [2.24, 2.45) is 0 Å². The molecule has 0 radical (unpaired) electrons. The molecule has 0 unspecified atom stereocenters. The summed E-state index contributed by atoms with van der Waals surface area (Å²) >= 11 is 2.62. The van der Waals surface area contributed by atoms with Crippen molar-refractivity contribution in [2.45, 2.75) is 29.7 Å². The number of nitrogens with one attached hydrogen (secondary N) is 2. The standard InChI is InChI=1S/C29H25N3O9S3/c1-16-8-10-19(11-9-16)44(39,40)31-25(34)20-6-2-3-7-21(20)29(38)41-14-17-15-43-27-23(26(35)32(27)24(17)28(36)37)30-22(33)13-18-5-4-12-42-18/h2-12,23,27H,13-15H2,1H3,(H,30,33)(H,31,34)(H,36,37)/t23-,27-/m1/s1. The fourth-order valence-corrected chi connectivity index (χ4v) is 7.63. The van der Waals surface area contributed by atoms with E-state index in [9.17, 15) is 37.5 Å². The molecule has 0 bridgehead atoms. The van der Waals surface area contributed by atoms with Crippen LogP contribution < -0.4 is 10.0 Å². The molecule has 44 heavy (non-hydrogen) atoms. The number of thioether (sulfide) groups is 1. The molecule has 3 aromatic rings. The molecule has 3 heterocycles. The molecule has 1 saturated heterocycles. The molecule has 2 atom stereocenters. The van der Waals surface area contributed by atoms with E-state index in [1.165, 1.54) is 59.5 Å². The number of thiophene rings is 1. The second kappa shape index (κ2) is 12.6. The Bertz CT molecular complexity index is 1790. The number of rotatable bonds is 10. The van der Waals surface area contributed by atoms with Crippen LogP contribution in [0, 0.1) is 6.92 Å². The number of amides is 3. The van der Waals surface area contributed by atoms with Gasteiger partial charge in [0.15, 0.2) is 0 Å². The van der Waals surface area contributed by atoms with E-state index in [0.717, 1.165) is 15.3 Å². The average molecular weight is 656 g/mol. The van der Waals surface area contributed by atoms with Gasteiger partial charge in [-0.25, -0.2) is 22.7 Å². The molecule has 15 heteroatoms. The maximum Gasteiger partial charge on any atom is 0.352 e. The summed E-state index contributed by atoms with van der Waals surface area (Å²) in [4.78, 5) is 65.2. The van der Waals surface area contributed by atoms with Gasteiger partial charge >= 0.3 is 11.9 Å². The Balaban J connectivity index is 1.26. The SMILES string of the molecule is Cc1ccc(S(=O)(=O)NC(=O)c2ccccc2C(=O)OCC2=C(C(=O)O)N3C(=O)[C@@H](NC(=O)Cc4cccs4)[C@H]3SC2)cc1. The average Bonchev–Trinajstić information content (AvgIpc) is 3.51. The first-order valence-corrected chi connectivity index (χ1v) is 16.5. The van der Waals surface area contributed by atoms with Crippen molar-refractivity contribution in [1.29, 1.82) is 0 Å². The van der Waals surface area contributed by atoms with Gasteiger partial charge in [-0.3, -0.25) is 19.3 Å². The maximum atomic E-state index is 13.0. The minimum atomic E-state index is -4.24. The topological polar surface area (TPSA) is 176 Å². The summed E-state index contributed by atoms with van der Waals surface area (Å²) in [5.41, 5.74) is 0.124. The Morgan fingerprint density at radius 2 is 1.73 bits per heavy atom. The summed E-state index contributed by atoms with van der Waals surface area (Å²) < 4.78 is 32.7. The van der Waals surface area contributed by atoms with Crippen LogP contribution in [0.25, 0.3) is 0 Å². The number of hydrogen-bond donors (Lipinski definition) is 3. The smallest absolute Gasteiger partial charge is 0.352 e. The number of sulfonamides is 1. The number of nitrogens with zero attached hydrogens (tertiary/aromatic N) is 1. The van der Waals surface area contributed by atoms with Crippen molar-refractivity contribution < 1.29 is 42.2 Å². The van der Waals surface area contributed by atoms with Gasteiger partial charge in [0.05, 0.1) is 22.4 Å². The van der Waals surface area contributed by atoms with Crippen LogP contribution in [0.15, 0.2) is 82.2 Å². The molecule has 1 fully saturated rings. The number of carbonyl (C=O) groups excluding carboxylic acids is 4. The Morgan fingerprint density at radius 3 is 2.39 bits per heavy atom. The molecular formula is C29H25N3O9S3. The second-order valence-electron chi connectivity index (χ2n) is 9.84. The molecule has 3 N–H and O–H groups in total. The van der Waals surface area contributed by atoms with Gasteiger partial charge in [0.25, 0.3) is 21.8 Å². The number of carbonyl (C=O) groups is 5. The summed E-state index contributed by atoms with van der Waals surface area (Å²) in [5, 5.41) is 13.8. The van der Waals surface area contributed by atoms with E-state index in [1.54, 1.807) is 25.1 Å². The zero-order valence-electron chi connectivity index (χ0n) is 23.0. The highest BCUT2D eigenvalue weighted by Gasteiger charge is 2.54. The van der Waals surface area contributed by atoms with Gasteiger partial charge in [0.1, 0.15) is 23.7 Å². The monoisotopic (exact) mass is 655 g/mol. The lowest BCUT2D eigenvalue weighted by Crippen LogP contribution is -2.70. The number of carboxylic acid groups (broad SMARTS) is 1. The van der Waals surface area contributed by atoms with Gasteiger partial charge in [0.2, 0.25) is 5.91 Å². The number of ether oxygens (including phenoxy) is 1. The summed E-state index contributed by atoms with van der Waals surface area (Å²) in [6.45, 7) is 1.28. The highest BCUT2D eigenvalue weighted by atomic mass is 32.2. The summed E-state index contributed by atoms with van der Waals surface area (Å²) in [6, 6.07) is 14.0. The number of esters is 1. The highest BCUT2D eigenvalue weighted by Crippen LogP contribution is 2.40. The van der Waals surface area contributed by atoms with Crippen LogP contribution in [-0.4, -0.2) is 71.9 Å².